The van der Waals surface area contributed by atoms with Crippen LogP contribution in [0.15, 0.2) is 29.8 Å². The van der Waals surface area contributed by atoms with Crippen molar-refractivity contribution >= 4 is 17.3 Å². The van der Waals surface area contributed by atoms with Crippen LogP contribution in [0.2, 0.25) is 0 Å². The van der Waals surface area contributed by atoms with Gasteiger partial charge in [0.05, 0.1) is 17.9 Å². The van der Waals surface area contributed by atoms with Gasteiger partial charge < -0.3 is 15.3 Å². The Morgan fingerprint density at radius 1 is 1.22 bits per heavy atom. The highest BCUT2D eigenvalue weighted by Crippen LogP contribution is 2.46. The summed E-state index contributed by atoms with van der Waals surface area (Å²) in [5, 5.41) is 34.2. The lowest BCUT2D eigenvalue weighted by atomic mass is 9.68. The van der Waals surface area contributed by atoms with Gasteiger partial charge in [-0.15, -0.1) is 21.5 Å². The van der Waals surface area contributed by atoms with E-state index in [1.807, 2.05) is 19.1 Å². The number of nitrogens with one attached hydrogen (secondary N) is 1. The number of hydrogen-bond donors (Lipinski definition) is 2. The number of hydrogen-bond acceptors (Lipinski definition) is 9. The Labute approximate surface area is 213 Å². The Kier molecular flexibility index (Phi) is 5.46. The third-order valence-electron chi connectivity index (χ3n) is 7.87. The number of nitriles is 1. The second kappa shape index (κ2) is 8.46. The summed E-state index contributed by atoms with van der Waals surface area (Å²) in [4.78, 5) is 10.9. The zero-order chi connectivity index (χ0) is 25.1. The van der Waals surface area contributed by atoms with Gasteiger partial charge in [-0.25, -0.2) is 14.4 Å². The molecule has 2 aliphatic heterocycles. The van der Waals surface area contributed by atoms with Crippen LogP contribution >= 0.6 is 11.3 Å². The molecule has 3 fully saturated rings. The molecule has 0 unspecified atom stereocenters. The highest BCUT2D eigenvalue weighted by Gasteiger charge is 2.56. The second-order valence-corrected chi connectivity index (χ2v) is 11.7. The first-order chi connectivity index (χ1) is 17.3. The molecule has 2 N–H and O–H groups in total. The van der Waals surface area contributed by atoms with E-state index in [1.165, 1.54) is 11.3 Å². The smallest absolute Gasteiger partial charge is 0.245 e. The number of phenolic OH excluding ortho intramolecular Hbond substituents is 1. The number of phenols is 1. The van der Waals surface area contributed by atoms with Crippen LogP contribution in [0.3, 0.4) is 0 Å². The fourth-order valence-electron chi connectivity index (χ4n) is 6.06. The van der Waals surface area contributed by atoms with E-state index in [4.69, 9.17) is 5.26 Å². The highest BCUT2D eigenvalue weighted by atomic mass is 32.1. The molecule has 1 saturated carbocycles. The predicted octanol–water partition coefficient (Wildman–Crippen LogP) is 4.61. The quantitative estimate of drug-likeness (QED) is 0.517. The molecule has 10 heteroatoms. The molecule has 2 bridgehead atoms. The molecular formula is C26H28FN7OS. The normalized spacial score (nSPS) is 29.5. The summed E-state index contributed by atoms with van der Waals surface area (Å²) < 4.78 is 16.0. The maximum absolute atomic E-state index is 16.0. The summed E-state index contributed by atoms with van der Waals surface area (Å²) in [7, 11) is 0. The number of nitrogens with zero attached hydrogens (tertiary/aromatic N) is 6. The van der Waals surface area contributed by atoms with Gasteiger partial charge in [-0.3, -0.25) is 0 Å². The first-order valence-electron chi connectivity index (χ1n) is 12.4. The van der Waals surface area contributed by atoms with Gasteiger partial charge in [-0.2, -0.15) is 5.26 Å². The van der Waals surface area contributed by atoms with Crippen LogP contribution in [-0.4, -0.2) is 54.6 Å². The number of benzene rings is 1. The number of alkyl halides is 1. The van der Waals surface area contributed by atoms with Crippen molar-refractivity contribution in [3.05, 3.63) is 34.8 Å². The number of thiazole rings is 1. The topological polar surface area (TPSA) is 111 Å². The van der Waals surface area contributed by atoms with Crippen molar-refractivity contribution in [3.8, 4) is 34.3 Å². The fraction of sp³-hybridized carbons (Fsp3) is 0.500. The number of piperidine rings is 2. The number of rotatable bonds is 5. The van der Waals surface area contributed by atoms with Crippen LogP contribution in [-0.2, 0) is 0 Å². The first kappa shape index (κ1) is 23.3. The lowest BCUT2D eigenvalue weighted by molar-refractivity contribution is 0.0000874. The molecule has 36 heavy (non-hydrogen) atoms. The van der Waals surface area contributed by atoms with Gasteiger partial charge in [-0.05, 0) is 64.5 Å². The summed E-state index contributed by atoms with van der Waals surface area (Å²) in [5.74, 6) is 0.474. The van der Waals surface area contributed by atoms with E-state index in [1.54, 1.807) is 23.7 Å². The Morgan fingerprint density at radius 3 is 2.72 bits per heavy atom. The number of halogens is 1. The molecule has 4 heterocycles. The summed E-state index contributed by atoms with van der Waals surface area (Å²) in [5.41, 5.74) is 1.63. The minimum atomic E-state index is -1.03. The fourth-order valence-corrected chi connectivity index (χ4v) is 6.68. The van der Waals surface area contributed by atoms with Gasteiger partial charge in [0.15, 0.2) is 5.01 Å². The van der Waals surface area contributed by atoms with Gasteiger partial charge in [0.2, 0.25) is 5.95 Å². The van der Waals surface area contributed by atoms with E-state index in [0.717, 1.165) is 32.1 Å². The molecular weight excluding hydrogens is 477 g/mol. The van der Waals surface area contributed by atoms with Crippen molar-refractivity contribution < 1.29 is 9.50 Å². The number of aromatic hydroxyl groups is 1. The Morgan fingerprint density at radius 2 is 2.06 bits per heavy atom. The lowest BCUT2D eigenvalue weighted by Crippen LogP contribution is -2.73. The molecule has 1 aromatic carbocycles. The second-order valence-electron chi connectivity index (χ2n) is 10.8. The monoisotopic (exact) mass is 505 g/mol. The molecule has 8 nitrogen and oxygen atoms in total. The van der Waals surface area contributed by atoms with Crippen molar-refractivity contribution in [1.29, 1.82) is 5.26 Å². The zero-order valence-corrected chi connectivity index (χ0v) is 21.1. The molecule has 2 aromatic heterocycles. The summed E-state index contributed by atoms with van der Waals surface area (Å²) in [6, 6.07) is 7.12. The predicted molar refractivity (Wildman–Crippen MR) is 135 cm³/mol. The molecule has 4 atom stereocenters. The molecule has 0 spiro atoms. The Balaban J connectivity index is 1.28. The Hall–Kier alpha value is -3.16. The van der Waals surface area contributed by atoms with Crippen molar-refractivity contribution in [2.24, 2.45) is 0 Å². The number of fused-ring (bicyclic) bond motifs is 2. The third kappa shape index (κ3) is 4.00. The van der Waals surface area contributed by atoms with Gasteiger partial charge in [0.1, 0.15) is 23.7 Å². The van der Waals surface area contributed by atoms with Gasteiger partial charge in [0, 0.05) is 33.6 Å². The van der Waals surface area contributed by atoms with Crippen molar-refractivity contribution in [1.82, 2.24) is 25.5 Å². The maximum atomic E-state index is 16.0. The van der Waals surface area contributed by atoms with Crippen molar-refractivity contribution in [3.63, 3.8) is 0 Å². The maximum Gasteiger partial charge on any atom is 0.245 e. The summed E-state index contributed by atoms with van der Waals surface area (Å²) in [6.07, 6.45) is 6.18. The summed E-state index contributed by atoms with van der Waals surface area (Å²) >= 11 is 1.26. The van der Waals surface area contributed by atoms with E-state index in [9.17, 15) is 5.11 Å². The van der Waals surface area contributed by atoms with E-state index in [-0.39, 0.29) is 23.4 Å². The third-order valence-corrected chi connectivity index (χ3v) is 8.61. The SMILES string of the molecule is C[C@@]12CCC[C@@](C)(N1)[C@@H](F)[C@@H](N(c1ncc(-c3ccc(-c4csc(C#N)n4)cc3O)nn1)C1CC1)C2. The molecule has 2 saturated heterocycles. The molecule has 186 valence electrons. The minimum Gasteiger partial charge on any atom is -0.507 e. The van der Waals surface area contributed by atoms with Crippen LogP contribution in [0.1, 0.15) is 57.4 Å². The van der Waals surface area contributed by atoms with Gasteiger partial charge in [-0.1, -0.05) is 6.07 Å². The average Bonchev–Trinajstić information content (AvgIpc) is 3.57. The van der Waals surface area contributed by atoms with E-state index in [2.05, 4.69) is 37.3 Å². The van der Waals surface area contributed by atoms with Crippen LogP contribution in [0.5, 0.6) is 5.75 Å². The Bertz CT molecular complexity index is 1340. The van der Waals surface area contributed by atoms with Crippen LogP contribution < -0.4 is 10.2 Å². The van der Waals surface area contributed by atoms with E-state index in [0.29, 0.717) is 39.9 Å². The zero-order valence-electron chi connectivity index (χ0n) is 20.3. The molecule has 0 amide bonds. The molecule has 0 radical (unpaired) electrons. The molecule has 3 aromatic rings. The first-order valence-corrected chi connectivity index (χ1v) is 13.3. The number of anilines is 1. The van der Waals surface area contributed by atoms with Crippen LogP contribution in [0.25, 0.3) is 22.5 Å². The molecule has 1 aliphatic carbocycles. The van der Waals surface area contributed by atoms with Crippen LogP contribution in [0.4, 0.5) is 10.3 Å². The lowest BCUT2D eigenvalue weighted by Gasteiger charge is -2.57. The van der Waals surface area contributed by atoms with Crippen molar-refractivity contribution in [2.75, 3.05) is 4.90 Å². The van der Waals surface area contributed by atoms with E-state index < -0.39 is 11.7 Å². The van der Waals surface area contributed by atoms with E-state index >= 15 is 4.39 Å². The molecule has 3 aliphatic rings. The highest BCUT2D eigenvalue weighted by molar-refractivity contribution is 7.10. The molecule has 6 rings (SSSR count). The van der Waals surface area contributed by atoms with Crippen molar-refractivity contribution in [2.45, 2.75) is 81.7 Å². The average molecular weight is 506 g/mol. The summed E-state index contributed by atoms with van der Waals surface area (Å²) in [6.45, 7) is 4.21. The number of aromatic nitrogens is 4. The van der Waals surface area contributed by atoms with Gasteiger partial charge >= 0.3 is 0 Å². The van der Waals surface area contributed by atoms with Gasteiger partial charge in [0.25, 0.3) is 0 Å². The minimum absolute atomic E-state index is 0.0257. The van der Waals surface area contributed by atoms with Crippen LogP contribution in [0, 0.1) is 11.3 Å². The standard InChI is InChI=1S/C26H28FN7OS/c1-25-8-3-9-26(2,33-25)23(27)20(11-25)34(16-5-6-16)24-29-13-18(31-32-24)17-7-4-15(10-21(17)35)19-14-36-22(12-28)30-19/h4,7,10,13-14,16,20,23,33,35H,3,5-6,8-9,11H2,1-2H3/t20-,23-,25-,26+/m0/s1. The largest absolute Gasteiger partial charge is 0.507 e.